The Labute approximate surface area is 162 Å². The van der Waals surface area contributed by atoms with Gasteiger partial charge in [-0.1, -0.05) is 28.8 Å². The maximum absolute atomic E-state index is 12.6. The Bertz CT molecular complexity index is 800. The van der Waals surface area contributed by atoms with E-state index in [4.69, 9.17) is 0 Å². The minimum absolute atomic E-state index is 0.157. The summed E-state index contributed by atoms with van der Waals surface area (Å²) in [6.07, 6.45) is 5.58. The number of carbonyl (C=O) groups is 2. The first-order valence-corrected chi connectivity index (χ1v) is 10.0. The van der Waals surface area contributed by atoms with Crippen LogP contribution in [0.5, 0.6) is 0 Å². The third-order valence-electron chi connectivity index (χ3n) is 5.04. The second-order valence-corrected chi connectivity index (χ2v) is 7.74. The molecule has 1 aromatic heterocycles. The number of rotatable bonds is 7. The number of esters is 1. The molecule has 1 aromatic carbocycles. The highest BCUT2D eigenvalue weighted by molar-refractivity contribution is 9.10. The third kappa shape index (κ3) is 4.47. The number of methoxy groups -OCH3 is 1. The second kappa shape index (κ2) is 8.71. The molecule has 1 amide bonds. The minimum Gasteiger partial charge on any atom is -0.469 e. The minimum atomic E-state index is -0.157. The number of benzene rings is 1. The Morgan fingerprint density at radius 2 is 1.96 bits per heavy atom. The summed E-state index contributed by atoms with van der Waals surface area (Å²) in [6, 6.07) is 6.24. The van der Waals surface area contributed by atoms with E-state index in [0.717, 1.165) is 48.6 Å². The Morgan fingerprint density at radius 3 is 2.73 bits per heavy atom. The lowest BCUT2D eigenvalue weighted by Gasteiger charge is -2.27. The summed E-state index contributed by atoms with van der Waals surface area (Å²) in [7, 11) is 1.41. The van der Waals surface area contributed by atoms with E-state index < -0.39 is 0 Å². The van der Waals surface area contributed by atoms with Crippen molar-refractivity contribution in [3.63, 3.8) is 0 Å². The topological polar surface area (TPSA) is 62.4 Å². The van der Waals surface area contributed by atoms with Gasteiger partial charge >= 0.3 is 5.97 Å². The first kappa shape index (κ1) is 19.0. The zero-order valence-corrected chi connectivity index (χ0v) is 16.7. The van der Waals surface area contributed by atoms with Crippen molar-refractivity contribution >= 4 is 38.7 Å². The molecule has 1 aliphatic heterocycles. The number of amides is 1. The molecule has 1 aliphatic rings. The average molecular weight is 421 g/mol. The van der Waals surface area contributed by atoms with Gasteiger partial charge in [0.1, 0.15) is 0 Å². The maximum Gasteiger partial charge on any atom is 0.305 e. The van der Waals surface area contributed by atoms with Crippen LogP contribution < -0.4 is 0 Å². The van der Waals surface area contributed by atoms with Gasteiger partial charge in [-0.25, -0.2) is 0 Å². The van der Waals surface area contributed by atoms with Gasteiger partial charge in [0.2, 0.25) is 5.91 Å². The number of nitrogens with one attached hydrogen (secondary N) is 1. The smallest absolute Gasteiger partial charge is 0.305 e. The second-order valence-electron chi connectivity index (χ2n) is 6.83. The Hall–Kier alpha value is -1.82. The van der Waals surface area contributed by atoms with Crippen LogP contribution in [0, 0.1) is 0 Å². The highest BCUT2D eigenvalue weighted by atomic mass is 79.9. The summed E-state index contributed by atoms with van der Waals surface area (Å²) in [5.74, 6) is 0.0727. The average Bonchev–Trinajstić information content (AvgIpc) is 3.01. The number of hydrogen-bond donors (Lipinski definition) is 1. The molecule has 26 heavy (non-hydrogen) atoms. The molecular formula is C20H25BrN2O3. The summed E-state index contributed by atoms with van der Waals surface area (Å²) < 4.78 is 5.69. The lowest BCUT2D eigenvalue weighted by atomic mass is 10.0. The van der Waals surface area contributed by atoms with Crippen LogP contribution in [0.2, 0.25) is 0 Å². The van der Waals surface area contributed by atoms with Gasteiger partial charge in [0.15, 0.2) is 0 Å². The number of H-pyrrole nitrogens is 1. The maximum atomic E-state index is 12.6. The van der Waals surface area contributed by atoms with Crippen molar-refractivity contribution in [2.24, 2.45) is 0 Å². The normalized spacial score (nSPS) is 13.7. The zero-order chi connectivity index (χ0) is 18.5. The molecule has 0 atom stereocenters. The lowest BCUT2D eigenvalue weighted by Crippen LogP contribution is -2.35. The Morgan fingerprint density at radius 1 is 1.19 bits per heavy atom. The molecule has 2 heterocycles. The first-order valence-electron chi connectivity index (χ1n) is 9.22. The largest absolute Gasteiger partial charge is 0.469 e. The number of aromatic nitrogens is 1. The monoisotopic (exact) mass is 420 g/mol. The van der Waals surface area contributed by atoms with E-state index in [-0.39, 0.29) is 11.9 Å². The fraction of sp³-hybridized carbons (Fsp3) is 0.500. The van der Waals surface area contributed by atoms with Gasteiger partial charge in [-0.05, 0) is 31.0 Å². The molecule has 0 radical (unpaired) electrons. The Balaban J connectivity index is 1.49. The van der Waals surface area contributed by atoms with Gasteiger partial charge in [-0.15, -0.1) is 0 Å². The molecule has 6 heteroatoms. The van der Waals surface area contributed by atoms with Crippen molar-refractivity contribution in [1.29, 1.82) is 0 Å². The van der Waals surface area contributed by atoms with Gasteiger partial charge in [0.25, 0.3) is 0 Å². The molecule has 5 nitrogen and oxygen atoms in total. The molecule has 0 spiro atoms. The highest BCUT2D eigenvalue weighted by Crippen LogP contribution is 2.30. The van der Waals surface area contributed by atoms with Crippen molar-refractivity contribution < 1.29 is 14.3 Å². The van der Waals surface area contributed by atoms with Crippen LogP contribution in [0.1, 0.15) is 49.8 Å². The van der Waals surface area contributed by atoms with Crippen molar-refractivity contribution in [2.45, 2.75) is 51.5 Å². The van der Waals surface area contributed by atoms with Crippen LogP contribution in [0.25, 0.3) is 10.9 Å². The SMILES string of the molecule is COC(=O)CCCCCCC(=O)N1CCc2[nH]c3ccc(Br)cc3c2C1. The number of unbranched alkanes of at least 4 members (excludes halogenated alkanes) is 3. The van der Waals surface area contributed by atoms with Gasteiger partial charge in [0, 0.05) is 59.0 Å². The van der Waals surface area contributed by atoms with E-state index in [1.807, 2.05) is 11.0 Å². The number of hydrogen-bond acceptors (Lipinski definition) is 3. The Kier molecular flexibility index (Phi) is 6.35. The van der Waals surface area contributed by atoms with E-state index in [2.05, 4.69) is 37.8 Å². The van der Waals surface area contributed by atoms with Crippen LogP contribution in [0.3, 0.4) is 0 Å². The number of nitrogens with zero attached hydrogens (tertiary/aromatic N) is 1. The molecule has 0 bridgehead atoms. The standard InChI is InChI=1S/C20H25BrN2O3/c1-26-20(25)7-5-3-2-4-6-19(24)23-11-10-18-16(13-23)15-12-14(21)8-9-17(15)22-18/h8-9,12,22H,2-7,10-11,13H2,1H3. The number of fused-ring (bicyclic) bond motifs is 3. The molecule has 0 saturated carbocycles. The molecular weight excluding hydrogens is 396 g/mol. The van der Waals surface area contributed by atoms with Gasteiger partial charge in [0.05, 0.1) is 7.11 Å². The molecule has 0 aliphatic carbocycles. The van der Waals surface area contributed by atoms with E-state index >= 15 is 0 Å². The first-order chi connectivity index (χ1) is 12.6. The lowest BCUT2D eigenvalue weighted by molar-refractivity contribution is -0.140. The number of halogens is 1. The third-order valence-corrected chi connectivity index (χ3v) is 5.53. The van der Waals surface area contributed by atoms with Crippen LogP contribution in [0.4, 0.5) is 0 Å². The summed E-state index contributed by atoms with van der Waals surface area (Å²) in [4.78, 5) is 29.1. The van der Waals surface area contributed by atoms with Gasteiger partial charge in [-0.2, -0.15) is 0 Å². The summed E-state index contributed by atoms with van der Waals surface area (Å²) in [6.45, 7) is 1.47. The van der Waals surface area contributed by atoms with Crippen molar-refractivity contribution in [3.8, 4) is 0 Å². The van der Waals surface area contributed by atoms with Crippen LogP contribution >= 0.6 is 15.9 Å². The van der Waals surface area contributed by atoms with Crippen molar-refractivity contribution in [2.75, 3.05) is 13.7 Å². The predicted molar refractivity (Wildman–Crippen MR) is 105 cm³/mol. The van der Waals surface area contributed by atoms with Crippen molar-refractivity contribution in [1.82, 2.24) is 9.88 Å². The molecule has 0 saturated heterocycles. The van der Waals surface area contributed by atoms with E-state index in [1.165, 1.54) is 23.8 Å². The van der Waals surface area contributed by atoms with E-state index in [1.54, 1.807) is 0 Å². The molecule has 0 fully saturated rings. The van der Waals surface area contributed by atoms with Crippen LogP contribution in [0.15, 0.2) is 22.7 Å². The number of aromatic amines is 1. The zero-order valence-electron chi connectivity index (χ0n) is 15.1. The van der Waals surface area contributed by atoms with Crippen LogP contribution in [-0.4, -0.2) is 35.4 Å². The summed E-state index contributed by atoms with van der Waals surface area (Å²) >= 11 is 3.53. The molecule has 0 unspecified atom stereocenters. The summed E-state index contributed by atoms with van der Waals surface area (Å²) in [5.41, 5.74) is 3.64. The summed E-state index contributed by atoms with van der Waals surface area (Å²) in [5, 5.41) is 1.20. The molecule has 2 aromatic rings. The van der Waals surface area contributed by atoms with E-state index in [0.29, 0.717) is 19.4 Å². The predicted octanol–water partition coefficient (Wildman–Crippen LogP) is 4.33. The molecule has 1 N–H and O–H groups in total. The number of ether oxygens (including phenoxy) is 1. The quantitative estimate of drug-likeness (QED) is 0.535. The van der Waals surface area contributed by atoms with Crippen molar-refractivity contribution in [3.05, 3.63) is 33.9 Å². The van der Waals surface area contributed by atoms with Crippen LogP contribution in [-0.2, 0) is 27.3 Å². The van der Waals surface area contributed by atoms with Gasteiger partial charge in [-0.3, -0.25) is 9.59 Å². The molecule has 3 rings (SSSR count). The highest BCUT2D eigenvalue weighted by Gasteiger charge is 2.23. The fourth-order valence-electron chi connectivity index (χ4n) is 3.56. The molecule has 140 valence electrons. The van der Waals surface area contributed by atoms with E-state index in [9.17, 15) is 9.59 Å². The van der Waals surface area contributed by atoms with Gasteiger partial charge < -0.3 is 14.6 Å². The fourth-order valence-corrected chi connectivity index (χ4v) is 3.92. The number of carbonyl (C=O) groups excluding carboxylic acids is 2.